The molecule has 15 N–H and O–H groups in total. The smallest absolute Gasteiger partial charge is 0.214 e. The van der Waals surface area contributed by atoms with Crippen LogP contribution in [0, 0.1) is 34.0 Å². The van der Waals surface area contributed by atoms with Gasteiger partial charge in [0.2, 0.25) is 6.41 Å². The second-order valence-corrected chi connectivity index (χ2v) is 30.9. The van der Waals surface area contributed by atoms with Gasteiger partial charge < -0.3 is 118 Å². The van der Waals surface area contributed by atoms with E-state index >= 15 is 0 Å². The molecule has 0 radical (unpaired) electrons. The Bertz CT molecular complexity index is 2520. The van der Waals surface area contributed by atoms with Gasteiger partial charge in [-0.2, -0.15) is 0 Å². The van der Waals surface area contributed by atoms with Crippen molar-refractivity contribution in [1.82, 2.24) is 16.0 Å². The monoisotopic (exact) mass is 1430 g/mol. The first-order chi connectivity index (χ1) is 47.0. The van der Waals surface area contributed by atoms with Gasteiger partial charge in [0.1, 0.15) is 24.2 Å². The summed E-state index contributed by atoms with van der Waals surface area (Å²) in [7, 11) is 1.66. The van der Waals surface area contributed by atoms with Crippen molar-refractivity contribution in [2.45, 2.75) is 263 Å². The van der Waals surface area contributed by atoms with Crippen LogP contribution in [0.15, 0.2) is 60.7 Å². The van der Waals surface area contributed by atoms with Crippen LogP contribution < -0.4 is 16.0 Å². The molecule has 0 amide bonds. The van der Waals surface area contributed by atoms with Crippen LogP contribution in [0.4, 0.5) is 0 Å². The van der Waals surface area contributed by atoms with Gasteiger partial charge in [-0.1, -0.05) is 116 Å². The molecular formula is C73H129N3O24. The number of rotatable bonds is 49. The normalized spacial score (nSPS) is 27.1. The Morgan fingerprint density at radius 1 is 0.700 bits per heavy atom. The van der Waals surface area contributed by atoms with E-state index in [0.717, 1.165) is 12.8 Å². The summed E-state index contributed by atoms with van der Waals surface area (Å²) in [6.45, 7) is 25.1. The van der Waals surface area contributed by atoms with E-state index in [4.69, 9.17) is 56.8 Å². The lowest BCUT2D eigenvalue weighted by atomic mass is 9.50. The first-order valence-corrected chi connectivity index (χ1v) is 35.8. The minimum Gasteiger partial charge on any atom is -0.394 e. The molecular weight excluding hydrogens is 1300 g/mol. The first kappa shape index (κ1) is 88.0. The predicted molar refractivity (Wildman–Crippen MR) is 370 cm³/mol. The quantitative estimate of drug-likeness (QED) is 0.0332. The highest BCUT2D eigenvalue weighted by Crippen LogP contribution is 2.60. The van der Waals surface area contributed by atoms with E-state index < -0.39 is 163 Å². The summed E-state index contributed by atoms with van der Waals surface area (Å²) in [4.78, 5) is 0. The number of aliphatic hydroxyl groups excluding tert-OH is 12. The van der Waals surface area contributed by atoms with Crippen molar-refractivity contribution in [3.05, 3.63) is 71.8 Å². The molecule has 0 aromatic heterocycles. The van der Waals surface area contributed by atoms with Crippen LogP contribution >= 0.6 is 0 Å². The lowest BCUT2D eigenvalue weighted by Gasteiger charge is -2.66. The largest absolute Gasteiger partial charge is 0.394 e. The molecule has 2 aromatic carbocycles. The molecule has 3 fully saturated rings. The Hall–Kier alpha value is -2.64. The number of hydrogen-bond acceptors (Lipinski definition) is 27. The zero-order chi connectivity index (χ0) is 74.2. The maximum Gasteiger partial charge on any atom is 0.214 e. The van der Waals surface area contributed by atoms with E-state index in [1.165, 1.54) is 6.92 Å². The summed E-state index contributed by atoms with van der Waals surface area (Å²) in [6.07, 6.45) is -16.3. The van der Waals surface area contributed by atoms with E-state index in [1.807, 2.05) is 55.4 Å². The van der Waals surface area contributed by atoms with Gasteiger partial charge in [-0.25, -0.2) is 0 Å². The average Bonchev–Trinajstić information content (AvgIpc) is 0.693. The first-order valence-electron chi connectivity index (χ1n) is 35.8. The van der Waals surface area contributed by atoms with Gasteiger partial charge in [-0.15, -0.1) is 0 Å². The van der Waals surface area contributed by atoms with Crippen LogP contribution in [0.5, 0.6) is 0 Å². The van der Waals surface area contributed by atoms with Crippen molar-refractivity contribution in [2.24, 2.45) is 34.0 Å². The number of nitrogens with one attached hydrogen (secondary N) is 3. The fourth-order valence-corrected chi connectivity index (χ4v) is 14.5. The topological polar surface area (TPSA) is 390 Å². The molecule has 1 saturated heterocycles. The number of benzene rings is 2. The van der Waals surface area contributed by atoms with E-state index in [2.05, 4.69) is 16.0 Å². The molecule has 15 unspecified atom stereocenters. The highest BCUT2D eigenvalue weighted by Gasteiger charge is 2.71. The van der Waals surface area contributed by atoms with Crippen molar-refractivity contribution < 1.29 is 118 Å². The van der Waals surface area contributed by atoms with E-state index in [-0.39, 0.29) is 51.7 Å². The molecule has 0 bridgehead atoms. The third-order valence-corrected chi connectivity index (χ3v) is 19.8. The molecule has 100 heavy (non-hydrogen) atoms. The minimum absolute atomic E-state index is 0.000976. The molecule has 3 aliphatic rings. The number of aliphatic hydroxyl groups is 12. The van der Waals surface area contributed by atoms with Gasteiger partial charge in [0, 0.05) is 49.5 Å². The SMILES string of the molecule is COCCC(C)(C)OCCOCCC(O)NCCCCC(NC(O)COCCOCCOCC(O)O[C@H](C(O)O[C@@H]1CCC(C)(C)C([C@H](O)C(O)C2(C)C(O)CC3OC[C@]3(OC(C)O)[C@@H]2[C@H](CO)OC(O)c2ccccc2)C1C)[C@H](NC(O)OC(C)(C)C)c1ccccc1)C(O)C(C)(C)C. The maximum absolute atomic E-state index is 12.9. The molecule has 2 aromatic rings. The van der Waals surface area contributed by atoms with Crippen LogP contribution in [0.25, 0.3) is 0 Å². The van der Waals surface area contributed by atoms with Crippen molar-refractivity contribution in [1.29, 1.82) is 0 Å². The van der Waals surface area contributed by atoms with Gasteiger partial charge >= 0.3 is 0 Å². The molecule has 1 heterocycles. The van der Waals surface area contributed by atoms with Gasteiger partial charge in [-0.05, 0) is 108 Å². The maximum atomic E-state index is 12.9. The fourth-order valence-electron chi connectivity index (χ4n) is 14.5. The van der Waals surface area contributed by atoms with Gasteiger partial charge in [0.05, 0.1) is 133 Å². The molecule has 22 atom stereocenters. The number of hydrogen-bond donors (Lipinski definition) is 15. The third-order valence-electron chi connectivity index (χ3n) is 19.8. The fraction of sp³-hybridized carbons (Fsp3) is 0.836. The number of unbranched alkanes of at least 4 members (excludes halogenated alkanes) is 1. The highest BCUT2D eigenvalue weighted by atomic mass is 16.7. The molecule has 1 aliphatic heterocycles. The Morgan fingerprint density at radius 3 is 1.90 bits per heavy atom. The van der Waals surface area contributed by atoms with E-state index in [9.17, 15) is 61.3 Å². The van der Waals surface area contributed by atoms with E-state index in [1.54, 1.807) is 95.5 Å². The molecule has 27 nitrogen and oxygen atoms in total. The second kappa shape index (κ2) is 41.5. The molecule has 2 aliphatic carbocycles. The lowest BCUT2D eigenvalue weighted by molar-refractivity contribution is -0.391. The average molecular weight is 1430 g/mol. The summed E-state index contributed by atoms with van der Waals surface area (Å²) < 4.78 is 71.1. The zero-order valence-electron chi connectivity index (χ0n) is 61.9. The Kier molecular flexibility index (Phi) is 36.5. The Labute approximate surface area is 593 Å². The summed E-state index contributed by atoms with van der Waals surface area (Å²) in [5.74, 6) is -2.70. The Morgan fingerprint density at radius 2 is 1.31 bits per heavy atom. The van der Waals surface area contributed by atoms with Crippen LogP contribution in [-0.2, 0) is 56.8 Å². The van der Waals surface area contributed by atoms with Gasteiger partial charge in [-0.3, -0.25) is 16.0 Å². The lowest BCUT2D eigenvalue weighted by Crippen LogP contribution is -2.78. The predicted octanol–water partition coefficient (Wildman–Crippen LogP) is 3.61. The van der Waals surface area contributed by atoms with Gasteiger partial charge in [0.25, 0.3) is 0 Å². The van der Waals surface area contributed by atoms with Crippen molar-refractivity contribution in [3.63, 3.8) is 0 Å². The van der Waals surface area contributed by atoms with Crippen LogP contribution in [0.2, 0.25) is 0 Å². The third kappa shape index (κ3) is 26.7. The summed E-state index contributed by atoms with van der Waals surface area (Å²) in [5.41, 5.74) is -4.73. The van der Waals surface area contributed by atoms with Crippen LogP contribution in [-0.4, -0.2) is 264 Å². The molecule has 580 valence electrons. The van der Waals surface area contributed by atoms with Crippen molar-refractivity contribution >= 4 is 0 Å². The summed E-state index contributed by atoms with van der Waals surface area (Å²) >= 11 is 0. The van der Waals surface area contributed by atoms with Gasteiger partial charge in [0.15, 0.2) is 25.2 Å². The minimum atomic E-state index is -1.86. The molecule has 5 rings (SSSR count). The number of fused-ring (bicyclic) bond motifs is 1. The number of ether oxygens (including phenoxy) is 12. The number of methoxy groups -OCH3 is 1. The van der Waals surface area contributed by atoms with Crippen molar-refractivity contribution in [3.8, 4) is 0 Å². The summed E-state index contributed by atoms with van der Waals surface area (Å²) in [6, 6.07) is 15.6. The molecule has 0 spiro atoms. The molecule has 2 saturated carbocycles. The Balaban J connectivity index is 1.19. The van der Waals surface area contributed by atoms with E-state index in [0.29, 0.717) is 76.2 Å². The zero-order valence-corrected chi connectivity index (χ0v) is 61.9. The second-order valence-electron chi connectivity index (χ2n) is 30.9. The standard InChI is InChI=1S/C73H129N3O24/c1-46-51(28-30-70(9,10)58(46)60(83)64(85)72(13)53(79)41-54-73(45-94-54,99-47(2)78)62(72)52(42-77)97-65(86)49-25-19-16-20-26-49)96-66(87)61(59(48-23-17-15-18-24-48)76-67(88)100-69(6,7)8)98-57(82)44-93-38-36-91-35-37-92-43-56(81)75-50(63(84)68(3,4)5)27-21-22-32-74-55(80)29-33-90-39-40-95-71(11,12)31-34-89-14/h15-20,23-26,46-47,50-67,74-88H,21-22,27-45H2,1-14H3/t46?,47?,50?,51-,52+,53?,54?,55?,56?,57?,58?,59-,60+,61+,62-,63?,64?,65?,66?,67?,72?,73-/m1/s1. The summed E-state index contributed by atoms with van der Waals surface area (Å²) in [5, 5.41) is 149. The highest BCUT2D eigenvalue weighted by molar-refractivity contribution is 5.22. The van der Waals surface area contributed by atoms with Crippen molar-refractivity contribution in [2.75, 3.05) is 92.9 Å². The molecule has 27 heteroatoms. The van der Waals surface area contributed by atoms with Crippen LogP contribution in [0.3, 0.4) is 0 Å². The van der Waals surface area contributed by atoms with Crippen LogP contribution in [0.1, 0.15) is 165 Å².